The lowest BCUT2D eigenvalue weighted by molar-refractivity contribution is -0.106. The molecule has 2 rings (SSSR count). The molecule has 1 aliphatic rings. The lowest BCUT2D eigenvalue weighted by Gasteiger charge is -2.43. The SMILES string of the molecule is COCC1CN(c2cc/c(=N/N)n(N)n2)CC(C)(C)O1. The summed E-state index contributed by atoms with van der Waals surface area (Å²) in [4.78, 5) is 3.29. The van der Waals surface area contributed by atoms with Gasteiger partial charge in [0.1, 0.15) is 0 Å². The van der Waals surface area contributed by atoms with Gasteiger partial charge in [-0.3, -0.25) is 0 Å². The zero-order chi connectivity index (χ0) is 14.8. The van der Waals surface area contributed by atoms with Gasteiger partial charge < -0.3 is 26.1 Å². The van der Waals surface area contributed by atoms with Crippen molar-refractivity contribution in [3.05, 3.63) is 17.6 Å². The van der Waals surface area contributed by atoms with Crippen LogP contribution in [0.15, 0.2) is 17.2 Å². The molecule has 4 N–H and O–H groups in total. The Kier molecular flexibility index (Phi) is 4.15. The average molecular weight is 282 g/mol. The highest BCUT2D eigenvalue weighted by Crippen LogP contribution is 2.24. The summed E-state index contributed by atoms with van der Waals surface area (Å²) in [6.45, 7) is 6.05. The monoisotopic (exact) mass is 282 g/mol. The van der Waals surface area contributed by atoms with Crippen LogP contribution in [0.1, 0.15) is 13.8 Å². The van der Waals surface area contributed by atoms with Crippen molar-refractivity contribution in [3.63, 3.8) is 0 Å². The number of nitrogen functional groups attached to an aromatic ring is 1. The predicted molar refractivity (Wildman–Crippen MR) is 75.2 cm³/mol. The van der Waals surface area contributed by atoms with Crippen molar-refractivity contribution in [2.75, 3.05) is 37.5 Å². The molecule has 2 heterocycles. The minimum absolute atomic E-state index is 0.00403. The highest BCUT2D eigenvalue weighted by atomic mass is 16.5. The van der Waals surface area contributed by atoms with Gasteiger partial charge in [0.05, 0.1) is 18.3 Å². The first-order chi connectivity index (χ1) is 9.45. The molecule has 0 radical (unpaired) electrons. The first-order valence-corrected chi connectivity index (χ1v) is 6.46. The summed E-state index contributed by atoms with van der Waals surface area (Å²) in [6, 6.07) is 3.58. The smallest absolute Gasteiger partial charge is 0.190 e. The molecule has 112 valence electrons. The summed E-state index contributed by atoms with van der Waals surface area (Å²) in [5.41, 5.74) is 0.133. The third kappa shape index (κ3) is 3.20. The van der Waals surface area contributed by atoms with E-state index in [1.54, 1.807) is 13.2 Å². The molecule has 1 fully saturated rings. The quantitative estimate of drug-likeness (QED) is 0.544. The summed E-state index contributed by atoms with van der Waals surface area (Å²) in [7, 11) is 1.67. The van der Waals surface area contributed by atoms with Crippen LogP contribution in [-0.4, -0.2) is 48.4 Å². The van der Waals surface area contributed by atoms with E-state index in [-0.39, 0.29) is 11.7 Å². The third-order valence-electron chi connectivity index (χ3n) is 3.12. The molecule has 8 heteroatoms. The Hall–Kier alpha value is -1.80. The Labute approximate surface area is 117 Å². The normalized spacial score (nSPS) is 23.1. The van der Waals surface area contributed by atoms with Crippen molar-refractivity contribution >= 4 is 5.82 Å². The molecule has 0 bridgehead atoms. The fourth-order valence-electron chi connectivity index (χ4n) is 2.43. The zero-order valence-corrected chi connectivity index (χ0v) is 12.1. The van der Waals surface area contributed by atoms with Crippen molar-refractivity contribution in [2.24, 2.45) is 10.9 Å². The lowest BCUT2D eigenvalue weighted by atomic mass is 10.1. The van der Waals surface area contributed by atoms with Crippen LogP contribution in [0.2, 0.25) is 0 Å². The van der Waals surface area contributed by atoms with Crippen LogP contribution in [0.25, 0.3) is 0 Å². The Bertz CT molecular complexity index is 527. The van der Waals surface area contributed by atoms with Crippen LogP contribution in [0.3, 0.4) is 0 Å². The molecule has 1 unspecified atom stereocenters. The maximum absolute atomic E-state index is 5.97. The Morgan fingerprint density at radius 3 is 2.90 bits per heavy atom. The van der Waals surface area contributed by atoms with E-state index in [0.717, 1.165) is 12.4 Å². The summed E-state index contributed by atoms with van der Waals surface area (Å²) in [5.74, 6) is 11.7. The lowest BCUT2D eigenvalue weighted by Crippen LogP contribution is -2.54. The fraction of sp³-hybridized carbons (Fsp3) is 0.667. The molecule has 0 spiro atoms. The van der Waals surface area contributed by atoms with Gasteiger partial charge in [0.2, 0.25) is 0 Å². The van der Waals surface area contributed by atoms with Gasteiger partial charge in [0, 0.05) is 20.2 Å². The molecular weight excluding hydrogens is 260 g/mol. The van der Waals surface area contributed by atoms with Crippen LogP contribution in [0.4, 0.5) is 5.82 Å². The second kappa shape index (κ2) is 5.68. The van der Waals surface area contributed by atoms with E-state index in [9.17, 15) is 0 Å². The van der Waals surface area contributed by atoms with Crippen LogP contribution in [0.5, 0.6) is 0 Å². The Morgan fingerprint density at radius 2 is 2.30 bits per heavy atom. The van der Waals surface area contributed by atoms with Crippen molar-refractivity contribution < 1.29 is 9.47 Å². The van der Waals surface area contributed by atoms with Crippen molar-refractivity contribution in [3.8, 4) is 0 Å². The summed E-state index contributed by atoms with van der Waals surface area (Å²) in [6.07, 6.45) is -0.00403. The van der Waals surface area contributed by atoms with Gasteiger partial charge in [0.25, 0.3) is 0 Å². The second-order valence-electron chi connectivity index (χ2n) is 5.46. The number of aromatic nitrogens is 2. The molecule has 0 saturated carbocycles. The first kappa shape index (κ1) is 14.6. The number of ether oxygens (including phenoxy) is 2. The molecule has 1 saturated heterocycles. The van der Waals surface area contributed by atoms with E-state index in [1.165, 1.54) is 4.79 Å². The van der Waals surface area contributed by atoms with E-state index in [0.29, 0.717) is 18.6 Å². The maximum atomic E-state index is 5.97. The molecule has 1 aromatic heterocycles. The highest BCUT2D eigenvalue weighted by Gasteiger charge is 2.34. The fourth-order valence-corrected chi connectivity index (χ4v) is 2.43. The van der Waals surface area contributed by atoms with Gasteiger partial charge in [-0.05, 0) is 26.0 Å². The van der Waals surface area contributed by atoms with E-state index in [4.69, 9.17) is 21.2 Å². The van der Waals surface area contributed by atoms with Crippen molar-refractivity contribution in [2.45, 2.75) is 25.6 Å². The van der Waals surface area contributed by atoms with Gasteiger partial charge in [-0.25, -0.2) is 0 Å². The first-order valence-electron chi connectivity index (χ1n) is 6.46. The molecule has 1 aliphatic heterocycles. The van der Waals surface area contributed by atoms with E-state index in [1.807, 2.05) is 19.9 Å². The van der Waals surface area contributed by atoms with Gasteiger partial charge in [0.15, 0.2) is 11.3 Å². The van der Waals surface area contributed by atoms with Gasteiger partial charge in [-0.2, -0.15) is 9.89 Å². The van der Waals surface area contributed by atoms with E-state index in [2.05, 4.69) is 15.1 Å². The Balaban J connectivity index is 2.24. The molecule has 8 nitrogen and oxygen atoms in total. The molecule has 1 aromatic rings. The largest absolute Gasteiger partial charge is 0.382 e. The zero-order valence-electron chi connectivity index (χ0n) is 12.1. The standard InChI is InChI=1S/C12H22N6O2/c1-12(2)8-17(6-9(20-12)7-19-3)11-5-4-10(15-13)18(14)16-11/h4-5,9H,6-8,13-14H2,1-3H3/b15-10-. The van der Waals surface area contributed by atoms with Gasteiger partial charge >= 0.3 is 0 Å². The topological polar surface area (TPSA) is 104 Å². The van der Waals surface area contributed by atoms with E-state index >= 15 is 0 Å². The molecule has 0 aromatic carbocycles. The summed E-state index contributed by atoms with van der Waals surface area (Å²) < 4.78 is 11.2. The highest BCUT2D eigenvalue weighted by molar-refractivity contribution is 5.38. The number of morpholine rings is 1. The molecule has 0 aliphatic carbocycles. The van der Waals surface area contributed by atoms with Gasteiger partial charge in [-0.1, -0.05) is 0 Å². The molecule has 20 heavy (non-hydrogen) atoms. The molecule has 1 atom stereocenters. The number of anilines is 1. The van der Waals surface area contributed by atoms with Gasteiger partial charge in [-0.15, -0.1) is 5.10 Å². The minimum Gasteiger partial charge on any atom is -0.382 e. The van der Waals surface area contributed by atoms with E-state index < -0.39 is 0 Å². The Morgan fingerprint density at radius 1 is 1.55 bits per heavy atom. The van der Waals surface area contributed by atoms with Crippen LogP contribution in [0, 0.1) is 0 Å². The van der Waals surface area contributed by atoms with Crippen molar-refractivity contribution in [1.82, 2.24) is 9.89 Å². The number of methoxy groups -OCH3 is 1. The number of hydrogen-bond acceptors (Lipinski definition) is 7. The number of nitrogens with zero attached hydrogens (tertiary/aromatic N) is 4. The van der Waals surface area contributed by atoms with Crippen LogP contribution >= 0.6 is 0 Å². The average Bonchev–Trinajstić information content (AvgIpc) is 2.37. The predicted octanol–water partition coefficient (Wildman–Crippen LogP) is -0.998. The molecular formula is C12H22N6O2. The minimum atomic E-state index is -0.278. The number of hydrogen-bond donors (Lipinski definition) is 2. The maximum Gasteiger partial charge on any atom is 0.190 e. The van der Waals surface area contributed by atoms with Crippen molar-refractivity contribution in [1.29, 1.82) is 0 Å². The third-order valence-corrected chi connectivity index (χ3v) is 3.12. The second-order valence-corrected chi connectivity index (χ2v) is 5.46. The summed E-state index contributed by atoms with van der Waals surface area (Å²) in [5, 5.41) is 7.82. The number of nitrogens with two attached hydrogens (primary N) is 2. The molecule has 0 amide bonds. The summed E-state index contributed by atoms with van der Waals surface area (Å²) >= 11 is 0. The number of rotatable bonds is 3. The van der Waals surface area contributed by atoms with Crippen LogP contribution < -0.4 is 22.1 Å². The van der Waals surface area contributed by atoms with Crippen LogP contribution in [-0.2, 0) is 9.47 Å².